The Morgan fingerprint density at radius 1 is 0.794 bits per heavy atom. The number of benzene rings is 3. The average Bonchev–Trinajstić information content (AvgIpc) is 2.89. The van der Waals surface area contributed by atoms with Gasteiger partial charge in [-0.2, -0.15) is 0 Å². The highest BCUT2D eigenvalue weighted by atomic mass is 19.2. The molecule has 176 valence electrons. The van der Waals surface area contributed by atoms with E-state index in [1.54, 1.807) is 36.4 Å². The van der Waals surface area contributed by atoms with Gasteiger partial charge in [0.15, 0.2) is 5.83 Å². The first-order chi connectivity index (χ1) is 16.5. The topological polar surface area (TPSA) is 0 Å². The number of halogens is 3. The van der Waals surface area contributed by atoms with Crippen LogP contribution < -0.4 is 0 Å². The Balaban J connectivity index is 1.33. The lowest BCUT2D eigenvalue weighted by molar-refractivity contribution is 0.254. The van der Waals surface area contributed by atoms with Crippen molar-refractivity contribution < 1.29 is 13.2 Å². The van der Waals surface area contributed by atoms with E-state index >= 15 is 0 Å². The highest BCUT2D eigenvalue weighted by Gasteiger charge is 2.28. The standard InChI is InChI=1S/C31H31F3/c1-22(26-5-3-2-4-6-26)21-25-11-17-28(18-12-25)31(34)30(33)27-15-9-23(10-16-27)7-8-24-13-19-29(32)20-14-24/h2-10,13-16,19-20,22,25,28H,11-12,17-18,21H2,1H3/t22-,25?,28?/m0/s1. The van der Waals surface area contributed by atoms with Crippen molar-refractivity contribution in [2.75, 3.05) is 0 Å². The molecule has 0 aromatic heterocycles. The van der Waals surface area contributed by atoms with Gasteiger partial charge in [-0.1, -0.05) is 85.8 Å². The Labute approximate surface area is 200 Å². The molecule has 0 saturated heterocycles. The van der Waals surface area contributed by atoms with Gasteiger partial charge in [-0.15, -0.1) is 0 Å². The van der Waals surface area contributed by atoms with E-state index in [-0.39, 0.29) is 17.3 Å². The van der Waals surface area contributed by atoms with Crippen molar-refractivity contribution in [3.05, 3.63) is 113 Å². The molecule has 1 aliphatic rings. The average molecular weight is 461 g/mol. The van der Waals surface area contributed by atoms with Crippen LogP contribution in [0.15, 0.2) is 84.7 Å². The zero-order valence-electron chi connectivity index (χ0n) is 19.6. The Kier molecular flexibility index (Phi) is 8.05. The maximum atomic E-state index is 15.0. The summed E-state index contributed by atoms with van der Waals surface area (Å²) < 4.78 is 42.9. The molecule has 3 aromatic rings. The third-order valence-corrected chi connectivity index (χ3v) is 6.97. The summed E-state index contributed by atoms with van der Waals surface area (Å²) in [4.78, 5) is 0. The summed E-state index contributed by atoms with van der Waals surface area (Å²) in [6, 6.07) is 23.5. The third kappa shape index (κ3) is 6.28. The molecule has 0 aliphatic heterocycles. The van der Waals surface area contributed by atoms with E-state index < -0.39 is 11.7 Å². The van der Waals surface area contributed by atoms with Gasteiger partial charge >= 0.3 is 0 Å². The van der Waals surface area contributed by atoms with E-state index in [2.05, 4.69) is 31.2 Å². The molecule has 0 radical (unpaired) electrons. The number of hydrogen-bond donors (Lipinski definition) is 0. The molecule has 1 atom stereocenters. The first kappa shape index (κ1) is 24.1. The van der Waals surface area contributed by atoms with Crippen LogP contribution in [0.5, 0.6) is 0 Å². The van der Waals surface area contributed by atoms with Crippen LogP contribution >= 0.6 is 0 Å². The predicted octanol–water partition coefficient (Wildman–Crippen LogP) is 9.60. The second-order valence-corrected chi connectivity index (χ2v) is 9.43. The van der Waals surface area contributed by atoms with Gasteiger partial charge in [0, 0.05) is 11.5 Å². The van der Waals surface area contributed by atoms with Crippen LogP contribution in [0.25, 0.3) is 18.0 Å². The van der Waals surface area contributed by atoms with Crippen LogP contribution in [-0.4, -0.2) is 0 Å². The summed E-state index contributed by atoms with van der Waals surface area (Å²) in [6.45, 7) is 2.25. The number of hydrogen-bond acceptors (Lipinski definition) is 0. The Bertz CT molecular complexity index is 1100. The van der Waals surface area contributed by atoms with Crippen molar-refractivity contribution in [2.24, 2.45) is 11.8 Å². The lowest BCUT2D eigenvalue weighted by Crippen LogP contribution is -2.17. The minimum atomic E-state index is -0.741. The van der Waals surface area contributed by atoms with Gasteiger partial charge in [0.2, 0.25) is 0 Å². The van der Waals surface area contributed by atoms with Gasteiger partial charge in [-0.05, 0) is 72.8 Å². The zero-order chi connectivity index (χ0) is 23.9. The van der Waals surface area contributed by atoms with Crippen LogP contribution in [0.4, 0.5) is 13.2 Å². The molecule has 34 heavy (non-hydrogen) atoms. The number of rotatable bonds is 7. The summed E-state index contributed by atoms with van der Waals surface area (Å²) >= 11 is 0. The molecule has 0 amide bonds. The molecule has 3 heteroatoms. The molecule has 4 rings (SSSR count). The smallest absolute Gasteiger partial charge is 0.162 e. The van der Waals surface area contributed by atoms with Crippen LogP contribution in [0.3, 0.4) is 0 Å². The van der Waals surface area contributed by atoms with Crippen molar-refractivity contribution in [3.8, 4) is 0 Å². The van der Waals surface area contributed by atoms with Crippen LogP contribution in [0.2, 0.25) is 0 Å². The van der Waals surface area contributed by atoms with E-state index in [4.69, 9.17) is 0 Å². The molecule has 0 unspecified atom stereocenters. The molecule has 0 spiro atoms. The van der Waals surface area contributed by atoms with Gasteiger partial charge in [-0.25, -0.2) is 13.2 Å². The molecule has 0 heterocycles. The predicted molar refractivity (Wildman–Crippen MR) is 136 cm³/mol. The van der Waals surface area contributed by atoms with Crippen molar-refractivity contribution in [3.63, 3.8) is 0 Å². The number of allylic oxidation sites excluding steroid dienone is 1. The summed E-state index contributed by atoms with van der Waals surface area (Å²) in [7, 11) is 0. The summed E-state index contributed by atoms with van der Waals surface area (Å²) in [5, 5.41) is 0. The SMILES string of the molecule is C[C@@H](CC1CCC(C(F)=C(F)c2ccc(C=Cc3ccc(F)cc3)cc2)CC1)c1ccccc1. The van der Waals surface area contributed by atoms with E-state index in [1.807, 2.05) is 18.2 Å². The summed E-state index contributed by atoms with van der Waals surface area (Å²) in [5.41, 5.74) is 3.36. The second kappa shape index (κ2) is 11.4. The first-order valence-electron chi connectivity index (χ1n) is 12.1. The first-order valence-corrected chi connectivity index (χ1v) is 12.1. The maximum absolute atomic E-state index is 15.0. The molecule has 3 aromatic carbocycles. The normalized spacial score (nSPS) is 20.2. The maximum Gasteiger partial charge on any atom is 0.162 e. The lowest BCUT2D eigenvalue weighted by atomic mass is 9.76. The van der Waals surface area contributed by atoms with Gasteiger partial charge in [0.25, 0.3) is 0 Å². The molecule has 0 bridgehead atoms. The molecule has 0 nitrogen and oxygen atoms in total. The van der Waals surface area contributed by atoms with E-state index in [1.165, 1.54) is 17.7 Å². The molecule has 1 fully saturated rings. The largest absolute Gasteiger partial charge is 0.208 e. The monoisotopic (exact) mass is 460 g/mol. The molecule has 1 saturated carbocycles. The van der Waals surface area contributed by atoms with Gasteiger partial charge in [0.1, 0.15) is 11.6 Å². The quantitative estimate of drug-likeness (QED) is 0.308. The fraction of sp³-hybridized carbons (Fsp3) is 0.290. The van der Waals surface area contributed by atoms with Crippen molar-refractivity contribution in [1.82, 2.24) is 0 Å². The second-order valence-electron chi connectivity index (χ2n) is 9.43. The minimum Gasteiger partial charge on any atom is -0.208 e. The van der Waals surface area contributed by atoms with Gasteiger partial charge in [-0.3, -0.25) is 0 Å². The highest BCUT2D eigenvalue weighted by Crippen LogP contribution is 2.40. The molecular weight excluding hydrogens is 429 g/mol. The van der Waals surface area contributed by atoms with E-state index in [9.17, 15) is 13.2 Å². The minimum absolute atomic E-state index is 0.274. The Hall–Kier alpha value is -3.07. The van der Waals surface area contributed by atoms with E-state index in [0.717, 1.165) is 30.4 Å². The van der Waals surface area contributed by atoms with Crippen molar-refractivity contribution in [1.29, 1.82) is 0 Å². The Morgan fingerprint density at radius 3 is 1.94 bits per heavy atom. The molecule has 1 aliphatic carbocycles. The van der Waals surface area contributed by atoms with Crippen LogP contribution in [0, 0.1) is 17.7 Å². The van der Waals surface area contributed by atoms with Crippen molar-refractivity contribution in [2.45, 2.75) is 44.9 Å². The van der Waals surface area contributed by atoms with Gasteiger partial charge < -0.3 is 0 Å². The Morgan fingerprint density at radius 2 is 1.35 bits per heavy atom. The summed E-state index contributed by atoms with van der Waals surface area (Å²) in [6.07, 6.45) is 8.10. The van der Waals surface area contributed by atoms with Crippen LogP contribution in [0.1, 0.15) is 67.2 Å². The fourth-order valence-electron chi connectivity index (χ4n) is 4.89. The van der Waals surface area contributed by atoms with Crippen molar-refractivity contribution >= 4 is 18.0 Å². The molecule has 0 N–H and O–H groups in total. The molecular formula is C31H31F3. The third-order valence-electron chi connectivity index (χ3n) is 6.97. The van der Waals surface area contributed by atoms with E-state index in [0.29, 0.717) is 24.7 Å². The van der Waals surface area contributed by atoms with Crippen LogP contribution in [-0.2, 0) is 0 Å². The summed E-state index contributed by atoms with van der Waals surface area (Å²) in [5.74, 6) is -0.910. The zero-order valence-corrected chi connectivity index (χ0v) is 19.6. The lowest BCUT2D eigenvalue weighted by Gasteiger charge is -2.29. The highest BCUT2D eigenvalue weighted by molar-refractivity contribution is 5.71. The fourth-order valence-corrected chi connectivity index (χ4v) is 4.89. The van der Waals surface area contributed by atoms with Gasteiger partial charge in [0.05, 0.1) is 0 Å².